The number of anilines is 1. The normalized spacial score (nSPS) is 17.1. The molecule has 0 radical (unpaired) electrons. The molecular formula is C24H26ClFN2O3S. The maximum Gasteiger partial charge on any atom is 0.211 e. The van der Waals surface area contributed by atoms with Gasteiger partial charge < -0.3 is 9.47 Å². The first-order chi connectivity index (χ1) is 15.2. The van der Waals surface area contributed by atoms with E-state index < -0.39 is 21.1 Å². The number of sulfone groups is 1. The summed E-state index contributed by atoms with van der Waals surface area (Å²) in [7, 11) is -4.09. The van der Waals surface area contributed by atoms with Gasteiger partial charge in [-0.3, -0.25) is 4.79 Å². The van der Waals surface area contributed by atoms with Crippen LogP contribution in [0.2, 0.25) is 5.02 Å². The zero-order chi connectivity index (χ0) is 23.0. The van der Waals surface area contributed by atoms with Crippen molar-refractivity contribution in [2.45, 2.75) is 49.4 Å². The average Bonchev–Trinajstić information content (AvgIpc) is 2.75. The van der Waals surface area contributed by atoms with Gasteiger partial charge in [-0.1, -0.05) is 25.4 Å². The summed E-state index contributed by atoms with van der Waals surface area (Å²) >= 11 is 5.88. The number of nitrogens with zero attached hydrogens (tertiary/aromatic N) is 2. The van der Waals surface area contributed by atoms with Gasteiger partial charge in [0.25, 0.3) is 0 Å². The summed E-state index contributed by atoms with van der Waals surface area (Å²) in [6, 6.07) is 8.55. The minimum atomic E-state index is -4.09. The number of piperidine rings is 1. The number of pyridine rings is 1. The van der Waals surface area contributed by atoms with Crippen LogP contribution in [0, 0.1) is 11.7 Å². The van der Waals surface area contributed by atoms with Crippen LogP contribution >= 0.6 is 11.6 Å². The molecule has 0 spiro atoms. The van der Waals surface area contributed by atoms with E-state index in [4.69, 9.17) is 11.6 Å². The lowest BCUT2D eigenvalue weighted by Crippen LogP contribution is -2.35. The number of hydrogen-bond donors (Lipinski definition) is 0. The third-order valence-corrected chi connectivity index (χ3v) is 8.01. The molecule has 1 aromatic heterocycles. The molecule has 0 bridgehead atoms. The van der Waals surface area contributed by atoms with Crippen molar-refractivity contribution in [3.63, 3.8) is 0 Å². The van der Waals surface area contributed by atoms with Gasteiger partial charge in [0, 0.05) is 30.9 Å². The van der Waals surface area contributed by atoms with Crippen LogP contribution in [-0.2, 0) is 16.4 Å². The number of hydrogen-bond acceptors (Lipinski definition) is 4. The van der Waals surface area contributed by atoms with Crippen molar-refractivity contribution >= 4 is 38.0 Å². The van der Waals surface area contributed by atoms with Crippen LogP contribution in [0.3, 0.4) is 0 Å². The van der Waals surface area contributed by atoms with Gasteiger partial charge in [0.05, 0.1) is 21.5 Å². The highest BCUT2D eigenvalue weighted by molar-refractivity contribution is 7.91. The summed E-state index contributed by atoms with van der Waals surface area (Å²) in [5, 5.41) is 0.465. The number of halogens is 2. The quantitative estimate of drug-likeness (QED) is 0.503. The summed E-state index contributed by atoms with van der Waals surface area (Å²) in [5.74, 6) is -0.0450. The topological polar surface area (TPSA) is 59.4 Å². The smallest absolute Gasteiger partial charge is 0.211 e. The molecule has 2 aromatic carbocycles. The van der Waals surface area contributed by atoms with Crippen molar-refractivity contribution in [1.29, 1.82) is 0 Å². The highest BCUT2D eigenvalue weighted by Crippen LogP contribution is 2.30. The molecule has 0 saturated carbocycles. The standard InChI is InChI=1S/C24H26ClFN2O3S/c1-3-10-27-15-23(32(30,31)18-8-6-17(25)7-9-18)24(29)19-12-20(26)22(13-21(19)27)28-11-4-5-16(2)14-28/h6-9,12-13,15-16H,3-5,10-11,14H2,1-2H3/t16-/m0/s1. The van der Waals surface area contributed by atoms with Gasteiger partial charge in [-0.2, -0.15) is 0 Å². The van der Waals surface area contributed by atoms with Crippen LogP contribution in [0.5, 0.6) is 0 Å². The van der Waals surface area contributed by atoms with E-state index in [9.17, 15) is 13.2 Å². The second-order valence-corrected chi connectivity index (χ2v) is 10.8. The van der Waals surface area contributed by atoms with E-state index in [2.05, 4.69) is 6.92 Å². The Hall–Kier alpha value is -2.38. The highest BCUT2D eigenvalue weighted by Gasteiger charge is 2.26. The van der Waals surface area contributed by atoms with Gasteiger partial charge in [-0.15, -0.1) is 0 Å². The van der Waals surface area contributed by atoms with E-state index in [1.165, 1.54) is 36.5 Å². The van der Waals surface area contributed by atoms with E-state index in [0.29, 0.717) is 28.7 Å². The fourth-order valence-electron chi connectivity index (χ4n) is 4.38. The van der Waals surface area contributed by atoms with Gasteiger partial charge in [-0.05, 0) is 61.6 Å². The molecule has 1 aliphatic heterocycles. The minimum absolute atomic E-state index is 0.0270. The molecule has 0 unspecified atom stereocenters. The Bertz CT molecular complexity index is 1320. The Morgan fingerprint density at radius 2 is 1.91 bits per heavy atom. The van der Waals surface area contributed by atoms with Crippen LogP contribution in [-0.4, -0.2) is 26.1 Å². The number of rotatable bonds is 5. The van der Waals surface area contributed by atoms with Crippen LogP contribution < -0.4 is 10.3 Å². The molecule has 0 amide bonds. The first-order valence-electron chi connectivity index (χ1n) is 10.8. The maximum absolute atomic E-state index is 15.2. The lowest BCUT2D eigenvalue weighted by Gasteiger charge is -2.33. The number of fused-ring (bicyclic) bond motifs is 1. The third-order valence-electron chi connectivity index (χ3n) is 5.99. The summed E-state index contributed by atoms with van der Waals surface area (Å²) in [4.78, 5) is 14.9. The molecule has 170 valence electrons. The maximum atomic E-state index is 15.2. The second-order valence-electron chi connectivity index (χ2n) is 8.49. The van der Waals surface area contributed by atoms with Gasteiger partial charge >= 0.3 is 0 Å². The Labute approximate surface area is 192 Å². The monoisotopic (exact) mass is 476 g/mol. The second kappa shape index (κ2) is 8.87. The van der Waals surface area contributed by atoms with E-state index in [0.717, 1.165) is 32.4 Å². The Kier molecular flexibility index (Phi) is 6.32. The number of aromatic nitrogens is 1. The first-order valence-corrected chi connectivity index (χ1v) is 12.7. The van der Waals surface area contributed by atoms with Crippen molar-refractivity contribution in [2.75, 3.05) is 18.0 Å². The van der Waals surface area contributed by atoms with Crippen molar-refractivity contribution in [1.82, 2.24) is 4.57 Å². The minimum Gasteiger partial charge on any atom is -0.369 e. The van der Waals surface area contributed by atoms with Gasteiger partial charge in [-0.25, -0.2) is 12.8 Å². The molecule has 1 saturated heterocycles. The van der Waals surface area contributed by atoms with Crippen molar-refractivity contribution < 1.29 is 12.8 Å². The largest absolute Gasteiger partial charge is 0.369 e. The van der Waals surface area contributed by atoms with Crippen LogP contribution in [0.4, 0.5) is 10.1 Å². The molecule has 1 fully saturated rings. The molecule has 4 rings (SSSR count). The number of aryl methyl sites for hydroxylation is 1. The molecule has 8 heteroatoms. The highest BCUT2D eigenvalue weighted by atomic mass is 35.5. The molecule has 2 heterocycles. The van der Waals surface area contributed by atoms with Crippen molar-refractivity contribution in [3.05, 3.63) is 63.7 Å². The van der Waals surface area contributed by atoms with Crippen molar-refractivity contribution in [3.8, 4) is 0 Å². The van der Waals surface area contributed by atoms with E-state index >= 15 is 4.39 Å². The fourth-order valence-corrected chi connectivity index (χ4v) is 5.88. The van der Waals surface area contributed by atoms with Crippen LogP contribution in [0.1, 0.15) is 33.1 Å². The van der Waals surface area contributed by atoms with Crippen LogP contribution in [0.15, 0.2) is 57.2 Å². The molecule has 0 aliphatic carbocycles. The molecule has 1 atom stereocenters. The fraction of sp³-hybridized carbons (Fsp3) is 0.375. The van der Waals surface area contributed by atoms with Gasteiger partial charge in [0.15, 0.2) is 0 Å². The lowest BCUT2D eigenvalue weighted by molar-refractivity contribution is 0.442. The summed E-state index contributed by atoms with van der Waals surface area (Å²) in [6.45, 7) is 6.12. The van der Waals surface area contributed by atoms with Crippen LogP contribution in [0.25, 0.3) is 10.9 Å². The predicted octanol–water partition coefficient (Wildman–Crippen LogP) is 5.27. The first kappa shape index (κ1) is 22.8. The summed E-state index contributed by atoms with van der Waals surface area (Å²) in [5.41, 5.74) is 0.308. The average molecular weight is 477 g/mol. The van der Waals surface area contributed by atoms with E-state index in [1.54, 1.807) is 10.6 Å². The molecular weight excluding hydrogens is 451 g/mol. The Morgan fingerprint density at radius 1 is 1.19 bits per heavy atom. The van der Waals surface area contributed by atoms with E-state index in [1.807, 2.05) is 11.8 Å². The predicted molar refractivity (Wildman–Crippen MR) is 126 cm³/mol. The number of benzene rings is 2. The van der Waals surface area contributed by atoms with Gasteiger partial charge in [0.2, 0.25) is 15.3 Å². The zero-order valence-electron chi connectivity index (χ0n) is 18.1. The molecule has 0 N–H and O–H groups in total. The summed E-state index contributed by atoms with van der Waals surface area (Å²) in [6.07, 6.45) is 4.21. The molecule has 3 aromatic rings. The SMILES string of the molecule is CCCn1cc(S(=O)(=O)c2ccc(Cl)cc2)c(=O)c2cc(F)c(N3CCC[C@H](C)C3)cc21. The zero-order valence-corrected chi connectivity index (χ0v) is 19.7. The summed E-state index contributed by atoms with van der Waals surface area (Å²) < 4.78 is 43.4. The molecule has 5 nitrogen and oxygen atoms in total. The lowest BCUT2D eigenvalue weighted by atomic mass is 9.99. The molecule has 1 aliphatic rings. The third kappa shape index (κ3) is 4.16. The Morgan fingerprint density at radius 3 is 2.56 bits per heavy atom. The molecule has 32 heavy (non-hydrogen) atoms. The van der Waals surface area contributed by atoms with E-state index in [-0.39, 0.29) is 15.2 Å². The van der Waals surface area contributed by atoms with Gasteiger partial charge in [0.1, 0.15) is 10.7 Å². The van der Waals surface area contributed by atoms with Crippen molar-refractivity contribution in [2.24, 2.45) is 5.92 Å². The Balaban J connectivity index is 1.92.